The van der Waals surface area contributed by atoms with Crippen LogP contribution in [0.3, 0.4) is 0 Å². The van der Waals surface area contributed by atoms with Crippen molar-refractivity contribution in [1.29, 1.82) is 0 Å². The van der Waals surface area contributed by atoms with Gasteiger partial charge in [0, 0.05) is 5.92 Å². The Labute approximate surface area is 243 Å². The third kappa shape index (κ3) is 34.2. The van der Waals surface area contributed by atoms with Gasteiger partial charge in [0.25, 0.3) is 0 Å². The Morgan fingerprint density at radius 2 is 0.568 bits per heavy atom. The van der Waals surface area contributed by atoms with Crippen LogP contribution in [0.25, 0.3) is 0 Å². The minimum Gasteiger partial charge on any atom is -1.00 e. The fourth-order valence-electron chi connectivity index (χ4n) is 6.00. The van der Waals surface area contributed by atoms with Crippen LogP contribution in [0.1, 0.15) is 194 Å². The van der Waals surface area contributed by atoms with Gasteiger partial charge >= 0.3 is 0 Å². The SMILES string of the molecule is CCCCCCCCCCCCCCCCC(CCCCCCCCCCCCCC)C[N+](C)(C)C.[Cl-]. The van der Waals surface area contributed by atoms with Gasteiger partial charge in [-0.2, -0.15) is 0 Å². The molecule has 0 bridgehead atoms. The van der Waals surface area contributed by atoms with Crippen LogP contribution in [0, 0.1) is 5.92 Å². The van der Waals surface area contributed by atoms with E-state index < -0.39 is 0 Å². The van der Waals surface area contributed by atoms with Crippen molar-refractivity contribution in [2.45, 2.75) is 194 Å². The van der Waals surface area contributed by atoms with E-state index in [-0.39, 0.29) is 12.4 Å². The van der Waals surface area contributed by atoms with Gasteiger partial charge in [0.05, 0.1) is 27.7 Å². The normalized spacial score (nSPS) is 12.6. The lowest BCUT2D eigenvalue weighted by atomic mass is 9.93. The van der Waals surface area contributed by atoms with Gasteiger partial charge in [-0.05, 0) is 12.8 Å². The molecule has 0 aromatic carbocycles. The quantitative estimate of drug-likeness (QED) is 0.0625. The summed E-state index contributed by atoms with van der Waals surface area (Å²) in [6.07, 6.45) is 41.1. The Kier molecular flexibility index (Phi) is 32.8. The number of unbranched alkanes of at least 4 members (excludes halogenated alkanes) is 24. The molecule has 0 aromatic rings. The average molecular weight is 544 g/mol. The molecule has 0 amide bonds. The molecule has 0 rings (SSSR count). The minimum absolute atomic E-state index is 0. The smallest absolute Gasteiger partial charge is 0.0809 e. The number of halogens is 1. The second-order valence-corrected chi connectivity index (χ2v) is 13.4. The first-order valence-electron chi connectivity index (χ1n) is 17.3. The standard InChI is InChI=1S/C35H74N.ClH/c1-6-8-10-12-14-16-18-20-21-23-25-27-29-31-33-35(34-36(3,4)5)32-30-28-26-24-22-19-17-15-13-11-9-7-2;/h35H,6-34H2,1-5H3;1H/q+1;/p-1. The van der Waals surface area contributed by atoms with E-state index in [2.05, 4.69) is 35.0 Å². The maximum Gasteiger partial charge on any atom is 0.0809 e. The highest BCUT2D eigenvalue weighted by Gasteiger charge is 2.17. The van der Waals surface area contributed by atoms with Crippen molar-refractivity contribution in [3.63, 3.8) is 0 Å². The van der Waals surface area contributed by atoms with Crippen molar-refractivity contribution in [2.24, 2.45) is 5.92 Å². The summed E-state index contributed by atoms with van der Waals surface area (Å²) in [7, 11) is 7.17. The van der Waals surface area contributed by atoms with Crippen LogP contribution < -0.4 is 12.4 Å². The van der Waals surface area contributed by atoms with Crippen LogP contribution in [0.2, 0.25) is 0 Å². The molecule has 1 atom stereocenters. The maximum atomic E-state index is 2.39. The summed E-state index contributed by atoms with van der Waals surface area (Å²) < 4.78 is 1.14. The lowest BCUT2D eigenvalue weighted by Gasteiger charge is -2.29. The van der Waals surface area contributed by atoms with Crippen LogP contribution in [0.15, 0.2) is 0 Å². The fraction of sp³-hybridized carbons (Fsp3) is 1.00. The first-order valence-corrected chi connectivity index (χ1v) is 17.3. The van der Waals surface area contributed by atoms with Gasteiger partial charge in [-0.25, -0.2) is 0 Å². The molecule has 37 heavy (non-hydrogen) atoms. The molecule has 0 aliphatic heterocycles. The second-order valence-electron chi connectivity index (χ2n) is 13.4. The molecule has 0 spiro atoms. The predicted molar refractivity (Wildman–Crippen MR) is 167 cm³/mol. The molecule has 0 saturated carbocycles. The highest BCUT2D eigenvalue weighted by Crippen LogP contribution is 2.22. The lowest BCUT2D eigenvalue weighted by molar-refractivity contribution is -0.874. The number of quaternary nitrogens is 1. The summed E-state index contributed by atoms with van der Waals surface area (Å²) >= 11 is 0. The Bertz CT molecular complexity index is 403. The number of hydrogen-bond acceptors (Lipinski definition) is 0. The largest absolute Gasteiger partial charge is 1.00 e. The monoisotopic (exact) mass is 544 g/mol. The van der Waals surface area contributed by atoms with E-state index in [9.17, 15) is 0 Å². The average Bonchev–Trinajstić information content (AvgIpc) is 2.83. The van der Waals surface area contributed by atoms with E-state index in [1.807, 2.05) is 0 Å². The molecule has 0 aromatic heterocycles. The molecule has 0 radical (unpaired) electrons. The second kappa shape index (κ2) is 30.8. The molecule has 1 nitrogen and oxygen atoms in total. The van der Waals surface area contributed by atoms with E-state index in [4.69, 9.17) is 0 Å². The van der Waals surface area contributed by atoms with E-state index in [0.29, 0.717) is 0 Å². The van der Waals surface area contributed by atoms with Crippen molar-refractivity contribution in [3.05, 3.63) is 0 Å². The highest BCUT2D eigenvalue weighted by molar-refractivity contribution is 4.61. The van der Waals surface area contributed by atoms with Crippen molar-refractivity contribution >= 4 is 0 Å². The van der Waals surface area contributed by atoms with Gasteiger partial charge in [-0.3, -0.25) is 0 Å². The molecule has 0 heterocycles. The van der Waals surface area contributed by atoms with Crippen LogP contribution >= 0.6 is 0 Å². The third-order valence-electron chi connectivity index (χ3n) is 8.24. The first-order chi connectivity index (χ1) is 17.5. The summed E-state index contributed by atoms with van der Waals surface area (Å²) in [5.41, 5.74) is 0. The fourth-order valence-corrected chi connectivity index (χ4v) is 6.00. The van der Waals surface area contributed by atoms with E-state index in [1.165, 1.54) is 186 Å². The Hall–Kier alpha value is 0.250. The summed E-state index contributed by atoms with van der Waals surface area (Å²) in [6.45, 7) is 5.99. The Morgan fingerprint density at radius 1 is 0.351 bits per heavy atom. The summed E-state index contributed by atoms with van der Waals surface area (Å²) in [5.74, 6) is 0.949. The van der Waals surface area contributed by atoms with E-state index >= 15 is 0 Å². The number of nitrogens with zero attached hydrogens (tertiary/aromatic N) is 1. The Balaban J connectivity index is 0. The zero-order chi connectivity index (χ0) is 26.6. The zero-order valence-corrected chi connectivity index (χ0v) is 27.7. The molecule has 0 aliphatic rings. The van der Waals surface area contributed by atoms with Crippen LogP contribution in [0.4, 0.5) is 0 Å². The molecule has 2 heteroatoms. The Morgan fingerprint density at radius 3 is 0.784 bits per heavy atom. The summed E-state index contributed by atoms with van der Waals surface area (Å²) in [6, 6.07) is 0. The molecule has 0 saturated heterocycles. The van der Waals surface area contributed by atoms with Gasteiger partial charge in [-0.1, -0.05) is 181 Å². The minimum atomic E-state index is 0. The first kappa shape index (κ1) is 39.4. The topological polar surface area (TPSA) is 0 Å². The summed E-state index contributed by atoms with van der Waals surface area (Å²) in [4.78, 5) is 0. The van der Waals surface area contributed by atoms with Crippen molar-refractivity contribution < 1.29 is 16.9 Å². The van der Waals surface area contributed by atoms with Crippen molar-refractivity contribution in [3.8, 4) is 0 Å². The van der Waals surface area contributed by atoms with Crippen LogP contribution in [-0.2, 0) is 0 Å². The van der Waals surface area contributed by atoms with Gasteiger partial charge < -0.3 is 16.9 Å². The number of hydrogen-bond donors (Lipinski definition) is 0. The van der Waals surface area contributed by atoms with Crippen molar-refractivity contribution in [2.75, 3.05) is 27.7 Å². The molecule has 0 fully saturated rings. The molecular formula is C35H74ClN. The number of rotatable bonds is 30. The van der Waals surface area contributed by atoms with Gasteiger partial charge in [0.2, 0.25) is 0 Å². The highest BCUT2D eigenvalue weighted by atomic mass is 35.5. The van der Waals surface area contributed by atoms with Gasteiger partial charge in [0.15, 0.2) is 0 Å². The van der Waals surface area contributed by atoms with Crippen molar-refractivity contribution in [1.82, 2.24) is 0 Å². The molecule has 226 valence electrons. The molecular weight excluding hydrogens is 470 g/mol. The van der Waals surface area contributed by atoms with Crippen LogP contribution in [0.5, 0.6) is 0 Å². The van der Waals surface area contributed by atoms with E-state index in [0.717, 1.165) is 10.4 Å². The maximum absolute atomic E-state index is 2.39. The molecule has 1 unspecified atom stereocenters. The summed E-state index contributed by atoms with van der Waals surface area (Å²) in [5, 5.41) is 0. The molecule has 0 aliphatic carbocycles. The van der Waals surface area contributed by atoms with Gasteiger partial charge in [0.1, 0.15) is 0 Å². The molecule has 0 N–H and O–H groups in total. The zero-order valence-electron chi connectivity index (χ0n) is 26.9. The predicted octanol–water partition coefficient (Wildman–Crippen LogP) is 9.28. The lowest BCUT2D eigenvalue weighted by Crippen LogP contribution is -3.00. The van der Waals surface area contributed by atoms with Crippen LogP contribution in [-0.4, -0.2) is 32.2 Å². The third-order valence-corrected chi connectivity index (χ3v) is 8.24. The van der Waals surface area contributed by atoms with Gasteiger partial charge in [-0.15, -0.1) is 0 Å². The van der Waals surface area contributed by atoms with E-state index in [1.54, 1.807) is 0 Å².